The molecule has 0 saturated carbocycles. The van der Waals surface area contributed by atoms with E-state index in [0.717, 1.165) is 5.56 Å². The minimum atomic E-state index is -0.178. The SMILES string of the molecule is CCOc1cc(/C=C2/SC(=S)N(c3ccccc3OC)C2=O)ccc1OC. The van der Waals surface area contributed by atoms with E-state index in [1.807, 2.05) is 43.3 Å². The first-order valence-corrected chi connectivity index (χ1v) is 9.53. The van der Waals surface area contributed by atoms with Crippen LogP contribution in [0.3, 0.4) is 0 Å². The molecule has 0 aromatic heterocycles. The molecule has 0 bridgehead atoms. The zero-order valence-corrected chi connectivity index (χ0v) is 16.9. The zero-order chi connectivity index (χ0) is 19.4. The predicted molar refractivity (Wildman–Crippen MR) is 113 cm³/mol. The van der Waals surface area contributed by atoms with Gasteiger partial charge >= 0.3 is 0 Å². The average molecular weight is 402 g/mol. The predicted octanol–water partition coefficient (Wildman–Crippen LogP) is 4.51. The van der Waals surface area contributed by atoms with Gasteiger partial charge in [0.25, 0.3) is 5.91 Å². The van der Waals surface area contributed by atoms with E-state index in [-0.39, 0.29) is 5.91 Å². The summed E-state index contributed by atoms with van der Waals surface area (Å²) in [7, 11) is 3.16. The first-order valence-electron chi connectivity index (χ1n) is 8.30. The summed E-state index contributed by atoms with van der Waals surface area (Å²) < 4.78 is 16.7. The van der Waals surface area contributed by atoms with Crippen LogP contribution in [-0.2, 0) is 4.79 Å². The Morgan fingerprint density at radius 1 is 1.07 bits per heavy atom. The van der Waals surface area contributed by atoms with Crippen molar-refractivity contribution in [3.63, 3.8) is 0 Å². The number of carbonyl (C=O) groups excluding carboxylic acids is 1. The van der Waals surface area contributed by atoms with Gasteiger partial charge < -0.3 is 14.2 Å². The maximum atomic E-state index is 13.0. The molecule has 0 radical (unpaired) electrons. The molecule has 1 heterocycles. The number of ether oxygens (including phenoxy) is 3. The Labute approximate surface area is 167 Å². The van der Waals surface area contributed by atoms with E-state index >= 15 is 0 Å². The third-order valence-corrected chi connectivity index (χ3v) is 5.21. The lowest BCUT2D eigenvalue weighted by Gasteiger charge is -2.17. The van der Waals surface area contributed by atoms with Crippen LogP contribution in [0.5, 0.6) is 17.2 Å². The molecule has 140 valence electrons. The molecule has 0 N–H and O–H groups in total. The standard InChI is InChI=1S/C20H19NO4S2/c1-4-25-17-11-13(9-10-16(17)24-3)12-18-19(22)21(20(26)27-18)14-7-5-6-8-15(14)23-2/h5-12H,4H2,1-3H3/b18-12+. The Bertz CT molecular complexity index is 911. The lowest BCUT2D eigenvalue weighted by Crippen LogP contribution is -2.27. The van der Waals surface area contributed by atoms with Crippen molar-refractivity contribution in [3.8, 4) is 17.2 Å². The molecule has 1 aliphatic heterocycles. The molecule has 0 aliphatic carbocycles. The maximum Gasteiger partial charge on any atom is 0.270 e. The highest BCUT2D eigenvalue weighted by Gasteiger charge is 2.34. The number of anilines is 1. The first kappa shape index (κ1) is 19.3. The normalized spacial score (nSPS) is 15.4. The zero-order valence-electron chi connectivity index (χ0n) is 15.2. The summed E-state index contributed by atoms with van der Waals surface area (Å²) in [6.45, 7) is 2.43. The van der Waals surface area contributed by atoms with E-state index in [1.165, 1.54) is 16.7 Å². The number of para-hydroxylation sites is 2. The van der Waals surface area contributed by atoms with Gasteiger partial charge in [-0.2, -0.15) is 0 Å². The number of hydrogen-bond acceptors (Lipinski definition) is 6. The fraction of sp³-hybridized carbons (Fsp3) is 0.200. The van der Waals surface area contributed by atoms with Crippen LogP contribution in [0.1, 0.15) is 12.5 Å². The molecule has 1 aliphatic rings. The van der Waals surface area contributed by atoms with E-state index in [9.17, 15) is 4.79 Å². The summed E-state index contributed by atoms with van der Waals surface area (Å²) in [5.41, 5.74) is 1.47. The molecule has 3 rings (SSSR count). The number of carbonyl (C=O) groups is 1. The smallest absolute Gasteiger partial charge is 0.270 e. The molecule has 2 aromatic carbocycles. The minimum absolute atomic E-state index is 0.178. The number of rotatable bonds is 6. The van der Waals surface area contributed by atoms with Crippen LogP contribution in [0.2, 0.25) is 0 Å². The van der Waals surface area contributed by atoms with Gasteiger partial charge in [0, 0.05) is 0 Å². The third-order valence-electron chi connectivity index (χ3n) is 3.91. The van der Waals surface area contributed by atoms with Crippen molar-refractivity contribution in [2.24, 2.45) is 0 Å². The van der Waals surface area contributed by atoms with Crippen LogP contribution >= 0.6 is 24.0 Å². The van der Waals surface area contributed by atoms with E-state index in [0.29, 0.717) is 38.8 Å². The molecule has 1 saturated heterocycles. The van der Waals surface area contributed by atoms with Crippen molar-refractivity contribution in [1.82, 2.24) is 0 Å². The molecule has 0 spiro atoms. The van der Waals surface area contributed by atoms with E-state index < -0.39 is 0 Å². The number of thiocarbonyl (C=S) groups is 1. The summed E-state index contributed by atoms with van der Waals surface area (Å²) in [5, 5.41) is 0. The van der Waals surface area contributed by atoms with E-state index in [2.05, 4.69) is 0 Å². The summed E-state index contributed by atoms with van der Waals surface area (Å²) in [5.74, 6) is 1.70. The van der Waals surface area contributed by atoms with Gasteiger partial charge in [-0.3, -0.25) is 9.69 Å². The Morgan fingerprint density at radius 2 is 1.81 bits per heavy atom. The van der Waals surface area contributed by atoms with Crippen LogP contribution in [0.4, 0.5) is 5.69 Å². The average Bonchev–Trinajstić information content (AvgIpc) is 2.95. The van der Waals surface area contributed by atoms with Crippen LogP contribution in [0.25, 0.3) is 6.08 Å². The maximum absolute atomic E-state index is 13.0. The largest absolute Gasteiger partial charge is 0.495 e. The van der Waals surface area contributed by atoms with Crippen molar-refractivity contribution in [1.29, 1.82) is 0 Å². The molecular weight excluding hydrogens is 382 g/mol. The van der Waals surface area contributed by atoms with Crippen molar-refractivity contribution in [2.75, 3.05) is 25.7 Å². The van der Waals surface area contributed by atoms with Gasteiger partial charge in [0.15, 0.2) is 15.8 Å². The Hall–Kier alpha value is -2.51. The third kappa shape index (κ3) is 3.94. The number of benzene rings is 2. The topological polar surface area (TPSA) is 48.0 Å². The number of amides is 1. The van der Waals surface area contributed by atoms with Crippen molar-refractivity contribution in [2.45, 2.75) is 6.92 Å². The molecule has 5 nitrogen and oxygen atoms in total. The molecule has 1 fully saturated rings. The monoisotopic (exact) mass is 401 g/mol. The lowest BCUT2D eigenvalue weighted by molar-refractivity contribution is -0.113. The summed E-state index contributed by atoms with van der Waals surface area (Å²) in [4.78, 5) is 15.0. The molecule has 27 heavy (non-hydrogen) atoms. The van der Waals surface area contributed by atoms with Gasteiger partial charge in [-0.1, -0.05) is 42.2 Å². The highest BCUT2D eigenvalue weighted by Crippen LogP contribution is 2.40. The second-order valence-corrected chi connectivity index (χ2v) is 7.21. The van der Waals surface area contributed by atoms with Gasteiger partial charge in [0.2, 0.25) is 0 Å². The van der Waals surface area contributed by atoms with Crippen LogP contribution in [-0.4, -0.2) is 31.1 Å². The molecule has 0 atom stereocenters. The number of nitrogens with zero attached hydrogens (tertiary/aromatic N) is 1. The fourth-order valence-electron chi connectivity index (χ4n) is 2.69. The minimum Gasteiger partial charge on any atom is -0.495 e. The van der Waals surface area contributed by atoms with Crippen molar-refractivity contribution in [3.05, 3.63) is 52.9 Å². The molecule has 0 unspecified atom stereocenters. The fourth-order valence-corrected chi connectivity index (χ4v) is 3.98. The summed E-state index contributed by atoms with van der Waals surface area (Å²) in [6.07, 6.45) is 1.80. The highest BCUT2D eigenvalue weighted by molar-refractivity contribution is 8.27. The molecular formula is C20H19NO4S2. The van der Waals surface area contributed by atoms with Crippen LogP contribution in [0, 0.1) is 0 Å². The van der Waals surface area contributed by atoms with E-state index in [1.54, 1.807) is 26.4 Å². The second-order valence-electron chi connectivity index (χ2n) is 5.53. The van der Waals surface area contributed by atoms with Gasteiger partial charge in [-0.25, -0.2) is 0 Å². The summed E-state index contributed by atoms with van der Waals surface area (Å²) >= 11 is 6.70. The number of thioether (sulfide) groups is 1. The van der Waals surface area contributed by atoms with Crippen LogP contribution < -0.4 is 19.1 Å². The first-order chi connectivity index (χ1) is 13.1. The molecule has 7 heteroatoms. The second kappa shape index (κ2) is 8.45. The van der Waals surface area contributed by atoms with Crippen LogP contribution in [0.15, 0.2) is 47.4 Å². The lowest BCUT2D eigenvalue weighted by atomic mass is 10.1. The van der Waals surface area contributed by atoms with Gasteiger partial charge in [-0.15, -0.1) is 0 Å². The quantitative estimate of drug-likeness (QED) is 0.524. The summed E-state index contributed by atoms with van der Waals surface area (Å²) in [6, 6.07) is 12.8. The van der Waals surface area contributed by atoms with Crippen molar-refractivity contribution >= 4 is 46.0 Å². The Morgan fingerprint density at radius 3 is 2.52 bits per heavy atom. The highest BCUT2D eigenvalue weighted by atomic mass is 32.2. The van der Waals surface area contributed by atoms with E-state index in [4.69, 9.17) is 26.4 Å². The van der Waals surface area contributed by atoms with Gasteiger partial charge in [-0.05, 0) is 42.8 Å². The van der Waals surface area contributed by atoms with Gasteiger partial charge in [0.1, 0.15) is 5.75 Å². The van der Waals surface area contributed by atoms with Crippen molar-refractivity contribution < 1.29 is 19.0 Å². The Balaban J connectivity index is 1.94. The number of hydrogen-bond donors (Lipinski definition) is 0. The molecule has 1 amide bonds. The molecule has 2 aromatic rings. The number of methoxy groups -OCH3 is 2. The van der Waals surface area contributed by atoms with Gasteiger partial charge in [0.05, 0.1) is 31.4 Å². The Kier molecular flexibility index (Phi) is 6.03.